The SMILES string of the molecule is CCCC1[C@H]2Oc3cc(ccc3CCI)CC(C)C1(OI)CC(/C(C)=C1/C=CC=CC1(C)C)=C2C. The van der Waals surface area contributed by atoms with Crippen LogP contribution in [0.3, 0.4) is 0 Å². The Kier molecular flexibility index (Phi) is 8.64. The van der Waals surface area contributed by atoms with E-state index in [4.69, 9.17) is 7.80 Å². The molecule has 190 valence electrons. The minimum Gasteiger partial charge on any atom is -0.485 e. The Balaban J connectivity index is 1.94. The van der Waals surface area contributed by atoms with Gasteiger partial charge in [-0.15, -0.1) is 0 Å². The van der Waals surface area contributed by atoms with Crippen LogP contribution in [0, 0.1) is 17.3 Å². The van der Waals surface area contributed by atoms with E-state index in [0.717, 1.165) is 42.3 Å². The van der Waals surface area contributed by atoms with Crippen LogP contribution in [0.5, 0.6) is 5.75 Å². The van der Waals surface area contributed by atoms with Crippen LogP contribution in [-0.4, -0.2) is 16.1 Å². The quantitative estimate of drug-likeness (QED) is 0.218. The Bertz CT molecular complexity index is 1080. The van der Waals surface area contributed by atoms with E-state index in [1.165, 1.54) is 33.4 Å². The average Bonchev–Trinajstić information content (AvgIpc) is 2.84. The molecule has 1 aliphatic heterocycles. The largest absolute Gasteiger partial charge is 0.485 e. The zero-order valence-corrected chi connectivity index (χ0v) is 26.4. The standard InChI is InChI=1S/C31H40I2O2/c1-7-10-27-29-22(4)25(21(3)26-11-8-9-15-30(26,5)6)19-31(27,35-33)20(2)17-23-12-13-24(14-16-32)28(18-23)34-29/h8-9,11-13,15,18,20,27,29H,7,10,14,16-17,19H2,1-6H3/b26-21-/t20?,27?,29-,31?/m0/s1. The van der Waals surface area contributed by atoms with Gasteiger partial charge in [-0.3, -0.25) is 0 Å². The number of allylic oxidation sites excluding steroid dienone is 6. The molecule has 2 aliphatic carbocycles. The highest BCUT2D eigenvalue weighted by molar-refractivity contribution is 14.1. The number of aryl methyl sites for hydroxylation is 1. The lowest BCUT2D eigenvalue weighted by atomic mass is 9.62. The van der Waals surface area contributed by atoms with Gasteiger partial charge in [0.25, 0.3) is 0 Å². The first kappa shape index (κ1) is 27.4. The summed E-state index contributed by atoms with van der Waals surface area (Å²) in [7, 11) is 0. The Labute approximate surface area is 240 Å². The summed E-state index contributed by atoms with van der Waals surface area (Å²) < 4.78 is 14.8. The number of rotatable bonds is 6. The molecule has 0 fully saturated rings. The van der Waals surface area contributed by atoms with Crippen molar-refractivity contribution in [2.75, 3.05) is 4.43 Å². The van der Waals surface area contributed by atoms with Crippen LogP contribution < -0.4 is 4.74 Å². The van der Waals surface area contributed by atoms with Crippen molar-refractivity contribution in [3.8, 4) is 5.75 Å². The summed E-state index contributed by atoms with van der Waals surface area (Å²) in [5.41, 5.74) is 8.03. The highest BCUT2D eigenvalue weighted by Gasteiger charge is 2.53. The maximum absolute atomic E-state index is 7.10. The molecule has 1 heterocycles. The lowest BCUT2D eigenvalue weighted by molar-refractivity contribution is -0.0551. The van der Waals surface area contributed by atoms with E-state index in [9.17, 15) is 0 Å². The van der Waals surface area contributed by atoms with Crippen molar-refractivity contribution in [2.24, 2.45) is 17.3 Å². The fourth-order valence-electron chi connectivity index (χ4n) is 6.61. The van der Waals surface area contributed by atoms with Crippen molar-refractivity contribution in [1.82, 2.24) is 0 Å². The van der Waals surface area contributed by atoms with Crippen LogP contribution in [0.15, 0.2) is 64.8 Å². The molecular weight excluding hydrogens is 658 g/mol. The molecule has 2 nitrogen and oxygen atoms in total. The predicted octanol–water partition coefficient (Wildman–Crippen LogP) is 9.31. The lowest BCUT2D eigenvalue weighted by Crippen LogP contribution is -2.55. The topological polar surface area (TPSA) is 18.5 Å². The molecule has 0 saturated heterocycles. The van der Waals surface area contributed by atoms with Crippen LogP contribution in [0.1, 0.15) is 71.9 Å². The number of halogens is 2. The predicted molar refractivity (Wildman–Crippen MR) is 165 cm³/mol. The molecular formula is C31H40I2O2. The molecule has 35 heavy (non-hydrogen) atoms. The fourth-order valence-corrected chi connectivity index (χ4v) is 8.11. The molecule has 0 N–H and O–H groups in total. The van der Waals surface area contributed by atoms with E-state index >= 15 is 0 Å². The molecule has 1 aromatic rings. The number of hydrogen-bond acceptors (Lipinski definition) is 2. The fraction of sp³-hybridized carbons (Fsp3) is 0.548. The molecule has 3 aliphatic rings. The number of alkyl halides is 1. The van der Waals surface area contributed by atoms with Gasteiger partial charge in [-0.2, -0.15) is 0 Å². The molecule has 0 aromatic heterocycles. The van der Waals surface area contributed by atoms with Crippen LogP contribution >= 0.6 is 45.6 Å². The van der Waals surface area contributed by atoms with Crippen molar-refractivity contribution < 1.29 is 7.80 Å². The lowest BCUT2D eigenvalue weighted by Gasteiger charge is -2.50. The Morgan fingerprint density at radius 3 is 2.66 bits per heavy atom. The van der Waals surface area contributed by atoms with Gasteiger partial charge in [-0.25, -0.2) is 0 Å². The maximum atomic E-state index is 7.10. The van der Waals surface area contributed by atoms with Crippen molar-refractivity contribution in [2.45, 2.75) is 85.4 Å². The highest BCUT2D eigenvalue weighted by Crippen LogP contribution is 2.53. The molecule has 0 saturated carbocycles. The normalized spacial score (nSPS) is 30.9. The van der Waals surface area contributed by atoms with E-state index in [2.05, 4.69) is 130 Å². The molecule has 4 atom stereocenters. The molecule has 4 heteroatoms. The molecule has 0 spiro atoms. The molecule has 4 rings (SSSR count). The van der Waals surface area contributed by atoms with E-state index in [1.807, 2.05) is 0 Å². The van der Waals surface area contributed by atoms with Crippen molar-refractivity contribution >= 4 is 45.6 Å². The van der Waals surface area contributed by atoms with Gasteiger partial charge < -0.3 is 7.80 Å². The van der Waals surface area contributed by atoms with Gasteiger partial charge in [-0.1, -0.05) is 93.1 Å². The highest BCUT2D eigenvalue weighted by atomic mass is 127. The van der Waals surface area contributed by atoms with Gasteiger partial charge in [0.15, 0.2) is 0 Å². The monoisotopic (exact) mass is 698 g/mol. The van der Waals surface area contributed by atoms with Gasteiger partial charge in [-0.05, 0) is 78.5 Å². The second-order valence-corrected chi connectivity index (χ2v) is 12.8. The zero-order chi connectivity index (χ0) is 25.4. The van der Waals surface area contributed by atoms with E-state index in [0.29, 0.717) is 11.8 Å². The number of ether oxygens (including phenoxy) is 1. The van der Waals surface area contributed by atoms with Gasteiger partial charge in [0, 0.05) is 22.2 Å². The Morgan fingerprint density at radius 1 is 1.23 bits per heavy atom. The van der Waals surface area contributed by atoms with E-state index < -0.39 is 0 Å². The summed E-state index contributed by atoms with van der Waals surface area (Å²) in [4.78, 5) is 0. The number of hydrogen-bond donors (Lipinski definition) is 0. The minimum atomic E-state index is -0.271. The first-order valence-electron chi connectivity index (χ1n) is 13.1. The molecule has 3 unspecified atom stereocenters. The maximum Gasteiger partial charge on any atom is 0.126 e. The van der Waals surface area contributed by atoms with E-state index in [1.54, 1.807) is 0 Å². The van der Waals surface area contributed by atoms with Crippen LogP contribution in [0.25, 0.3) is 0 Å². The van der Waals surface area contributed by atoms with Gasteiger partial charge in [0.2, 0.25) is 0 Å². The summed E-state index contributed by atoms with van der Waals surface area (Å²) in [5, 5.41) is 0. The third-order valence-corrected chi connectivity index (χ3v) is 10.0. The summed E-state index contributed by atoms with van der Waals surface area (Å²) in [5.74, 6) is 1.77. The number of fused-ring (bicyclic) bond motifs is 4. The summed E-state index contributed by atoms with van der Waals surface area (Å²) >= 11 is 4.68. The third-order valence-electron chi connectivity index (χ3n) is 8.66. The zero-order valence-electron chi connectivity index (χ0n) is 22.1. The molecule has 0 amide bonds. The summed E-state index contributed by atoms with van der Waals surface area (Å²) in [6.07, 6.45) is 14.2. The van der Waals surface area contributed by atoms with Gasteiger partial charge in [0.1, 0.15) is 34.9 Å². The smallest absolute Gasteiger partial charge is 0.126 e. The second kappa shape index (κ2) is 11.0. The van der Waals surface area contributed by atoms with E-state index in [-0.39, 0.29) is 17.1 Å². The Morgan fingerprint density at radius 2 is 2.00 bits per heavy atom. The van der Waals surface area contributed by atoms with Crippen LogP contribution in [0.2, 0.25) is 0 Å². The van der Waals surface area contributed by atoms with Crippen molar-refractivity contribution in [3.63, 3.8) is 0 Å². The second-order valence-electron chi connectivity index (χ2n) is 11.3. The third kappa shape index (κ3) is 5.09. The van der Waals surface area contributed by atoms with Crippen LogP contribution in [0.4, 0.5) is 0 Å². The van der Waals surface area contributed by atoms with Crippen molar-refractivity contribution in [3.05, 3.63) is 75.9 Å². The summed E-state index contributed by atoms with van der Waals surface area (Å²) in [6, 6.07) is 6.93. The Hall–Kier alpha value is -0.600. The number of benzene rings is 1. The molecule has 0 radical (unpaired) electrons. The first-order chi connectivity index (χ1) is 16.7. The average molecular weight is 698 g/mol. The molecule has 4 bridgehead atoms. The first-order valence-corrected chi connectivity index (χ1v) is 15.5. The van der Waals surface area contributed by atoms with Gasteiger partial charge >= 0.3 is 0 Å². The van der Waals surface area contributed by atoms with Gasteiger partial charge in [0.05, 0.1) is 5.60 Å². The van der Waals surface area contributed by atoms with Crippen molar-refractivity contribution in [1.29, 1.82) is 0 Å². The molecule has 1 aromatic carbocycles. The van der Waals surface area contributed by atoms with Crippen LogP contribution in [-0.2, 0) is 15.9 Å². The summed E-state index contributed by atoms with van der Waals surface area (Å²) in [6.45, 7) is 14.0. The minimum absolute atomic E-state index is 0.0101.